The van der Waals surface area contributed by atoms with Gasteiger partial charge in [0, 0.05) is 20.0 Å². The molecule has 0 fully saturated rings. The van der Waals surface area contributed by atoms with Gasteiger partial charge in [-0.2, -0.15) is 5.26 Å². The molecule has 1 atom stereocenters. The number of amides is 1. The minimum absolute atomic E-state index is 0.123. The number of hydrogen-bond donors (Lipinski definition) is 1. The van der Waals surface area contributed by atoms with E-state index in [1.54, 1.807) is 11.9 Å². The standard InChI is InChI=1S/C11H21N3O/c1-4-14(3)11(15)10(2)13-9-7-5-6-8-12/h10,13H,4-7,9H2,1-3H3. The maximum Gasteiger partial charge on any atom is 0.239 e. The van der Waals surface area contributed by atoms with E-state index in [0.717, 1.165) is 25.9 Å². The molecule has 0 saturated heterocycles. The largest absolute Gasteiger partial charge is 0.345 e. The zero-order chi connectivity index (χ0) is 11.7. The first kappa shape index (κ1) is 13.9. The van der Waals surface area contributed by atoms with Crippen molar-refractivity contribution in [3.05, 3.63) is 0 Å². The second kappa shape index (κ2) is 8.25. The van der Waals surface area contributed by atoms with Crippen LogP contribution >= 0.6 is 0 Å². The monoisotopic (exact) mass is 211 g/mol. The average Bonchev–Trinajstić information content (AvgIpc) is 2.26. The molecule has 0 heterocycles. The Labute approximate surface area is 92.3 Å². The molecule has 1 amide bonds. The van der Waals surface area contributed by atoms with Gasteiger partial charge in [-0.05, 0) is 33.2 Å². The van der Waals surface area contributed by atoms with Gasteiger partial charge in [0.25, 0.3) is 0 Å². The number of unbranched alkanes of at least 4 members (excludes halogenated alkanes) is 2. The summed E-state index contributed by atoms with van der Waals surface area (Å²) in [5.74, 6) is 0.123. The summed E-state index contributed by atoms with van der Waals surface area (Å²) in [6.45, 7) is 5.36. The van der Waals surface area contributed by atoms with Crippen molar-refractivity contribution in [1.29, 1.82) is 5.26 Å². The number of rotatable bonds is 7. The molecule has 0 bridgehead atoms. The van der Waals surface area contributed by atoms with Gasteiger partial charge in [0.05, 0.1) is 12.1 Å². The Kier molecular flexibility index (Phi) is 7.65. The Balaban J connectivity index is 3.61. The summed E-state index contributed by atoms with van der Waals surface area (Å²) in [5.41, 5.74) is 0. The molecule has 86 valence electrons. The molecular weight excluding hydrogens is 190 g/mol. The van der Waals surface area contributed by atoms with Crippen LogP contribution < -0.4 is 5.32 Å². The van der Waals surface area contributed by atoms with Crippen molar-refractivity contribution < 1.29 is 4.79 Å². The summed E-state index contributed by atoms with van der Waals surface area (Å²) in [6, 6.07) is 1.98. The molecule has 1 unspecified atom stereocenters. The highest BCUT2D eigenvalue weighted by Gasteiger charge is 2.14. The van der Waals surface area contributed by atoms with Crippen LogP contribution in [0.25, 0.3) is 0 Å². The van der Waals surface area contributed by atoms with Crippen molar-refractivity contribution in [3.63, 3.8) is 0 Å². The first-order valence-electron chi connectivity index (χ1n) is 5.48. The normalized spacial score (nSPS) is 11.9. The Bertz CT molecular complexity index is 222. The van der Waals surface area contributed by atoms with Gasteiger partial charge in [0.2, 0.25) is 5.91 Å². The summed E-state index contributed by atoms with van der Waals surface area (Å²) in [4.78, 5) is 13.3. The topological polar surface area (TPSA) is 56.1 Å². The minimum atomic E-state index is -0.128. The number of nitriles is 1. The molecule has 0 radical (unpaired) electrons. The molecule has 15 heavy (non-hydrogen) atoms. The lowest BCUT2D eigenvalue weighted by molar-refractivity contribution is -0.131. The van der Waals surface area contributed by atoms with Gasteiger partial charge in [-0.1, -0.05) is 0 Å². The molecule has 0 aliphatic carbocycles. The molecule has 0 aromatic heterocycles. The van der Waals surface area contributed by atoms with E-state index >= 15 is 0 Å². The Hall–Kier alpha value is -1.08. The first-order valence-corrected chi connectivity index (χ1v) is 5.48. The van der Waals surface area contributed by atoms with Crippen LogP contribution in [0.4, 0.5) is 0 Å². The highest BCUT2D eigenvalue weighted by Crippen LogP contribution is 1.95. The van der Waals surface area contributed by atoms with Crippen molar-refractivity contribution in [3.8, 4) is 6.07 Å². The van der Waals surface area contributed by atoms with E-state index in [1.807, 2.05) is 13.8 Å². The van der Waals surface area contributed by atoms with Gasteiger partial charge in [-0.25, -0.2) is 0 Å². The number of hydrogen-bond acceptors (Lipinski definition) is 3. The summed E-state index contributed by atoms with van der Waals surface area (Å²) in [6.07, 6.45) is 2.44. The van der Waals surface area contributed by atoms with Crippen LogP contribution in [0.3, 0.4) is 0 Å². The SMILES string of the molecule is CCN(C)C(=O)C(C)NCCCCC#N. The fourth-order valence-electron chi connectivity index (χ4n) is 1.22. The van der Waals surface area contributed by atoms with Crippen LogP contribution in [-0.4, -0.2) is 37.0 Å². The van der Waals surface area contributed by atoms with E-state index in [9.17, 15) is 4.79 Å². The molecular formula is C11H21N3O. The van der Waals surface area contributed by atoms with E-state index in [2.05, 4.69) is 11.4 Å². The molecule has 0 aliphatic rings. The number of likely N-dealkylation sites (N-methyl/N-ethyl adjacent to an activating group) is 1. The van der Waals surface area contributed by atoms with Crippen LogP contribution in [0, 0.1) is 11.3 Å². The van der Waals surface area contributed by atoms with Crippen molar-refractivity contribution >= 4 is 5.91 Å². The van der Waals surface area contributed by atoms with E-state index in [1.165, 1.54) is 0 Å². The second-order valence-corrected chi connectivity index (χ2v) is 3.64. The van der Waals surface area contributed by atoms with Gasteiger partial charge >= 0.3 is 0 Å². The van der Waals surface area contributed by atoms with E-state index in [0.29, 0.717) is 6.42 Å². The molecule has 0 rings (SSSR count). The fraction of sp³-hybridized carbons (Fsp3) is 0.818. The first-order chi connectivity index (χ1) is 7.13. The summed E-state index contributed by atoms with van der Waals surface area (Å²) in [7, 11) is 1.80. The van der Waals surface area contributed by atoms with Crippen molar-refractivity contribution in [2.45, 2.75) is 39.2 Å². The van der Waals surface area contributed by atoms with Gasteiger partial charge in [-0.3, -0.25) is 4.79 Å². The summed E-state index contributed by atoms with van der Waals surface area (Å²) in [5, 5.41) is 11.5. The van der Waals surface area contributed by atoms with Crippen LogP contribution in [0.1, 0.15) is 33.1 Å². The molecule has 0 aromatic carbocycles. The van der Waals surface area contributed by atoms with Gasteiger partial charge in [0.1, 0.15) is 0 Å². The van der Waals surface area contributed by atoms with Crippen molar-refractivity contribution in [2.24, 2.45) is 0 Å². The highest BCUT2D eigenvalue weighted by molar-refractivity contribution is 5.81. The molecule has 0 aliphatic heterocycles. The predicted molar refractivity (Wildman–Crippen MR) is 60.2 cm³/mol. The predicted octanol–water partition coefficient (Wildman–Crippen LogP) is 1.14. The molecule has 0 aromatic rings. The smallest absolute Gasteiger partial charge is 0.239 e. The van der Waals surface area contributed by atoms with Gasteiger partial charge in [0.15, 0.2) is 0 Å². The van der Waals surface area contributed by atoms with Crippen LogP contribution in [0.5, 0.6) is 0 Å². The molecule has 0 spiro atoms. The Morgan fingerprint density at radius 3 is 2.73 bits per heavy atom. The van der Waals surface area contributed by atoms with E-state index < -0.39 is 0 Å². The quantitative estimate of drug-likeness (QED) is 0.642. The third-order valence-electron chi connectivity index (χ3n) is 2.39. The third kappa shape index (κ3) is 6.08. The van der Waals surface area contributed by atoms with Gasteiger partial charge < -0.3 is 10.2 Å². The van der Waals surface area contributed by atoms with Crippen LogP contribution in [0.2, 0.25) is 0 Å². The lowest BCUT2D eigenvalue weighted by Gasteiger charge is -2.20. The maximum atomic E-state index is 11.6. The lowest BCUT2D eigenvalue weighted by Crippen LogP contribution is -2.43. The van der Waals surface area contributed by atoms with Gasteiger partial charge in [-0.15, -0.1) is 0 Å². The summed E-state index contributed by atoms with van der Waals surface area (Å²) >= 11 is 0. The molecule has 0 saturated carbocycles. The van der Waals surface area contributed by atoms with E-state index in [4.69, 9.17) is 5.26 Å². The number of carbonyl (C=O) groups excluding carboxylic acids is 1. The number of nitrogens with one attached hydrogen (secondary N) is 1. The molecule has 4 heteroatoms. The average molecular weight is 211 g/mol. The maximum absolute atomic E-state index is 11.6. The van der Waals surface area contributed by atoms with Crippen LogP contribution in [-0.2, 0) is 4.79 Å². The molecule has 4 nitrogen and oxygen atoms in total. The second-order valence-electron chi connectivity index (χ2n) is 3.64. The zero-order valence-electron chi connectivity index (χ0n) is 9.92. The third-order valence-corrected chi connectivity index (χ3v) is 2.39. The lowest BCUT2D eigenvalue weighted by atomic mass is 10.2. The van der Waals surface area contributed by atoms with Crippen molar-refractivity contribution in [1.82, 2.24) is 10.2 Å². The summed E-state index contributed by atoms with van der Waals surface area (Å²) < 4.78 is 0. The van der Waals surface area contributed by atoms with E-state index in [-0.39, 0.29) is 11.9 Å². The van der Waals surface area contributed by atoms with Crippen molar-refractivity contribution in [2.75, 3.05) is 20.1 Å². The minimum Gasteiger partial charge on any atom is -0.345 e. The number of nitrogens with zero attached hydrogens (tertiary/aromatic N) is 2. The molecule has 1 N–H and O–H groups in total. The van der Waals surface area contributed by atoms with Crippen LogP contribution in [0.15, 0.2) is 0 Å². The Morgan fingerprint density at radius 2 is 2.20 bits per heavy atom. The fourth-order valence-corrected chi connectivity index (χ4v) is 1.22. The number of carbonyl (C=O) groups is 1. The Morgan fingerprint density at radius 1 is 1.53 bits per heavy atom. The highest BCUT2D eigenvalue weighted by atomic mass is 16.2. The zero-order valence-corrected chi connectivity index (χ0v) is 9.92.